The van der Waals surface area contributed by atoms with E-state index in [1.807, 2.05) is 24.3 Å². The molecule has 1 aliphatic carbocycles. The highest BCUT2D eigenvalue weighted by Crippen LogP contribution is 2.32. The minimum Gasteiger partial charge on any atom is -0.477 e. The maximum Gasteiger partial charge on any atom is 0.352 e. The van der Waals surface area contributed by atoms with Crippen LogP contribution < -0.4 is 5.32 Å². The third-order valence-electron chi connectivity index (χ3n) is 6.52. The van der Waals surface area contributed by atoms with Crippen molar-refractivity contribution in [3.63, 3.8) is 0 Å². The molecule has 1 aliphatic rings. The number of rotatable bonds is 6. The highest BCUT2D eigenvalue weighted by molar-refractivity contribution is 6.31. The van der Waals surface area contributed by atoms with Crippen LogP contribution in [-0.2, 0) is 19.5 Å². The Morgan fingerprint density at radius 2 is 1.91 bits per heavy atom. The molecule has 6 heteroatoms. The number of hydrogen-bond donors (Lipinski definition) is 2. The molecule has 0 amide bonds. The lowest BCUT2D eigenvalue weighted by Gasteiger charge is -2.26. The van der Waals surface area contributed by atoms with Gasteiger partial charge in [-0.3, -0.25) is 0 Å². The van der Waals surface area contributed by atoms with Gasteiger partial charge in [-0.2, -0.15) is 0 Å². The van der Waals surface area contributed by atoms with Gasteiger partial charge in [0.1, 0.15) is 11.5 Å². The van der Waals surface area contributed by atoms with E-state index in [0.717, 1.165) is 35.7 Å². The first-order valence-electron chi connectivity index (χ1n) is 11.1. The average Bonchev–Trinajstić information content (AvgIpc) is 3.13. The van der Waals surface area contributed by atoms with Crippen LogP contribution in [0.25, 0.3) is 10.9 Å². The van der Waals surface area contributed by atoms with Gasteiger partial charge in [-0.25, -0.2) is 9.18 Å². The summed E-state index contributed by atoms with van der Waals surface area (Å²) in [5.74, 6) is -1.41. The van der Waals surface area contributed by atoms with Crippen LogP contribution in [0.15, 0.2) is 66.7 Å². The third kappa shape index (κ3) is 4.14. The smallest absolute Gasteiger partial charge is 0.352 e. The van der Waals surface area contributed by atoms with Crippen molar-refractivity contribution < 1.29 is 14.3 Å². The summed E-state index contributed by atoms with van der Waals surface area (Å²) in [6.07, 6.45) is 3.20. The maximum atomic E-state index is 13.5. The van der Waals surface area contributed by atoms with Crippen LogP contribution in [0.5, 0.6) is 0 Å². The summed E-state index contributed by atoms with van der Waals surface area (Å²) in [6.45, 7) is 0.679. The molecule has 4 aromatic rings. The van der Waals surface area contributed by atoms with Gasteiger partial charge in [-0.15, -0.1) is 0 Å². The van der Waals surface area contributed by atoms with E-state index in [9.17, 15) is 14.3 Å². The molecule has 168 valence electrons. The van der Waals surface area contributed by atoms with E-state index < -0.39 is 11.8 Å². The fraction of sp³-hybridized carbons (Fsp3) is 0.222. The van der Waals surface area contributed by atoms with E-state index in [1.165, 1.54) is 23.3 Å². The second-order valence-corrected chi connectivity index (χ2v) is 8.90. The Labute approximate surface area is 196 Å². The predicted octanol–water partition coefficient (Wildman–Crippen LogP) is 6.35. The lowest BCUT2D eigenvalue weighted by atomic mass is 9.87. The molecule has 33 heavy (non-hydrogen) atoms. The summed E-state index contributed by atoms with van der Waals surface area (Å²) in [7, 11) is 0. The summed E-state index contributed by atoms with van der Waals surface area (Å²) in [5, 5.41) is 15.0. The van der Waals surface area contributed by atoms with Crippen LogP contribution in [0.1, 0.15) is 51.6 Å². The van der Waals surface area contributed by atoms with Crippen molar-refractivity contribution in [3.05, 3.63) is 106 Å². The van der Waals surface area contributed by atoms with Crippen molar-refractivity contribution in [2.24, 2.45) is 0 Å². The van der Waals surface area contributed by atoms with E-state index in [0.29, 0.717) is 12.1 Å². The van der Waals surface area contributed by atoms with Crippen LogP contribution in [0, 0.1) is 5.82 Å². The van der Waals surface area contributed by atoms with Crippen molar-refractivity contribution in [1.29, 1.82) is 0 Å². The molecule has 0 saturated carbocycles. The second kappa shape index (κ2) is 9.00. The number of nitrogens with one attached hydrogen (secondary N) is 1. The zero-order chi connectivity index (χ0) is 22.9. The molecule has 5 rings (SSSR count). The summed E-state index contributed by atoms with van der Waals surface area (Å²) in [6, 6.07) is 20.5. The van der Waals surface area contributed by atoms with Gasteiger partial charge >= 0.3 is 5.97 Å². The molecular formula is C27H24ClFN2O2. The SMILES string of the molecule is O=C(O)c1c(CN[C@@H]2CCCc3ccccc32)c2ccccc2n1Cc1ccc(F)cc1Cl. The third-order valence-corrected chi connectivity index (χ3v) is 6.87. The van der Waals surface area contributed by atoms with Gasteiger partial charge in [0.05, 0.1) is 0 Å². The predicted molar refractivity (Wildman–Crippen MR) is 128 cm³/mol. The van der Waals surface area contributed by atoms with Gasteiger partial charge in [0.25, 0.3) is 0 Å². The summed E-state index contributed by atoms with van der Waals surface area (Å²) in [5.41, 5.74) is 5.11. The number of aromatic carboxylic acids is 1. The molecule has 0 radical (unpaired) electrons. The normalized spacial score (nSPS) is 15.5. The van der Waals surface area contributed by atoms with E-state index in [2.05, 4.69) is 29.6 Å². The Balaban J connectivity index is 1.54. The van der Waals surface area contributed by atoms with Gasteiger partial charge in [0.15, 0.2) is 0 Å². The maximum absolute atomic E-state index is 13.5. The molecule has 0 spiro atoms. The number of benzene rings is 3. The molecule has 3 aromatic carbocycles. The molecule has 1 atom stereocenters. The molecule has 0 fully saturated rings. The first kappa shape index (κ1) is 21.7. The van der Waals surface area contributed by atoms with E-state index in [1.54, 1.807) is 10.6 Å². The van der Waals surface area contributed by atoms with E-state index >= 15 is 0 Å². The zero-order valence-electron chi connectivity index (χ0n) is 18.0. The standard InChI is InChI=1S/C27H24ClFN2O2/c28-23-14-19(29)13-12-18(23)16-31-25-11-4-3-9-21(25)22(26(31)27(32)33)15-30-24-10-5-7-17-6-1-2-8-20(17)24/h1-4,6,8-9,11-14,24,30H,5,7,10,15-16H2,(H,32,33)/t24-/m1/s1. The Morgan fingerprint density at radius 3 is 2.73 bits per heavy atom. The second-order valence-electron chi connectivity index (χ2n) is 8.50. The Kier molecular flexibility index (Phi) is 5.92. The fourth-order valence-corrected chi connectivity index (χ4v) is 5.20. The lowest BCUT2D eigenvalue weighted by molar-refractivity contribution is 0.0684. The van der Waals surface area contributed by atoms with Gasteiger partial charge < -0.3 is 15.0 Å². The zero-order valence-corrected chi connectivity index (χ0v) is 18.8. The molecule has 1 heterocycles. The first-order valence-corrected chi connectivity index (χ1v) is 11.5. The molecule has 1 aromatic heterocycles. The molecule has 0 aliphatic heterocycles. The molecule has 0 saturated heterocycles. The highest BCUT2D eigenvalue weighted by Gasteiger charge is 2.25. The molecular weight excluding hydrogens is 439 g/mol. The van der Waals surface area contributed by atoms with Crippen LogP contribution in [-0.4, -0.2) is 15.6 Å². The Hall–Kier alpha value is -3.15. The van der Waals surface area contributed by atoms with Crippen LogP contribution in [0.3, 0.4) is 0 Å². The van der Waals surface area contributed by atoms with Crippen molar-refractivity contribution in [1.82, 2.24) is 9.88 Å². The van der Waals surface area contributed by atoms with Crippen molar-refractivity contribution in [2.75, 3.05) is 0 Å². The Morgan fingerprint density at radius 1 is 1.12 bits per heavy atom. The first-order chi connectivity index (χ1) is 16.0. The quantitative estimate of drug-likeness (QED) is 0.351. The molecule has 0 bridgehead atoms. The number of hydrogen-bond acceptors (Lipinski definition) is 2. The van der Waals surface area contributed by atoms with Gasteiger partial charge in [-0.05, 0) is 54.2 Å². The van der Waals surface area contributed by atoms with E-state index in [-0.39, 0.29) is 23.3 Å². The van der Waals surface area contributed by atoms with Gasteiger partial charge in [0, 0.05) is 40.6 Å². The lowest BCUT2D eigenvalue weighted by Crippen LogP contribution is -2.25. The summed E-state index contributed by atoms with van der Waals surface area (Å²) in [4.78, 5) is 12.4. The molecule has 2 N–H and O–H groups in total. The fourth-order valence-electron chi connectivity index (χ4n) is 4.97. The average molecular weight is 463 g/mol. The minimum absolute atomic E-state index is 0.185. The van der Waals surface area contributed by atoms with Crippen LogP contribution in [0.2, 0.25) is 5.02 Å². The van der Waals surface area contributed by atoms with E-state index in [4.69, 9.17) is 11.6 Å². The van der Waals surface area contributed by atoms with Crippen LogP contribution >= 0.6 is 11.6 Å². The topological polar surface area (TPSA) is 54.3 Å². The number of carbonyl (C=O) groups is 1. The number of halogens is 2. The summed E-state index contributed by atoms with van der Waals surface area (Å²) < 4.78 is 15.3. The number of carboxylic acids is 1. The monoisotopic (exact) mass is 462 g/mol. The van der Waals surface area contributed by atoms with Crippen molar-refractivity contribution in [3.8, 4) is 0 Å². The van der Waals surface area contributed by atoms with Crippen LogP contribution in [0.4, 0.5) is 4.39 Å². The number of para-hydroxylation sites is 1. The van der Waals surface area contributed by atoms with Gasteiger partial charge in [0.2, 0.25) is 0 Å². The number of aromatic nitrogens is 1. The van der Waals surface area contributed by atoms with Crippen molar-refractivity contribution >= 4 is 28.5 Å². The van der Waals surface area contributed by atoms with Crippen molar-refractivity contribution in [2.45, 2.75) is 38.4 Å². The number of nitrogens with zero attached hydrogens (tertiary/aromatic N) is 1. The number of aryl methyl sites for hydroxylation is 1. The minimum atomic E-state index is -0.995. The molecule has 4 nitrogen and oxygen atoms in total. The molecule has 0 unspecified atom stereocenters. The highest BCUT2D eigenvalue weighted by atomic mass is 35.5. The number of fused-ring (bicyclic) bond motifs is 2. The summed E-state index contributed by atoms with van der Waals surface area (Å²) >= 11 is 6.27. The number of carboxylic acid groups (broad SMARTS) is 1. The largest absolute Gasteiger partial charge is 0.477 e. The van der Waals surface area contributed by atoms with Gasteiger partial charge in [-0.1, -0.05) is 60.1 Å². The Bertz CT molecular complexity index is 1350.